The maximum Gasteiger partial charge on any atom is 0.222 e. The topological polar surface area (TPSA) is 53.3 Å². The quantitative estimate of drug-likeness (QED) is 0.574. The molecule has 1 amide bonds. The molecule has 4 heteroatoms. The summed E-state index contributed by atoms with van der Waals surface area (Å²) < 4.78 is 5.16. The van der Waals surface area contributed by atoms with Crippen molar-refractivity contribution in [1.29, 1.82) is 5.26 Å². The Labute approximate surface area is 91.8 Å². The predicted octanol–water partition coefficient (Wildman–Crippen LogP) is 1.57. The fourth-order valence-corrected chi connectivity index (χ4v) is 1.27. The Balaban J connectivity index is 3.69. The van der Waals surface area contributed by atoms with Gasteiger partial charge < -0.3 is 9.64 Å². The molecule has 0 spiro atoms. The van der Waals surface area contributed by atoms with Crippen molar-refractivity contribution in [2.45, 2.75) is 33.1 Å². The summed E-state index contributed by atoms with van der Waals surface area (Å²) in [6.45, 7) is 6.42. The smallest absolute Gasteiger partial charge is 0.222 e. The first-order valence-corrected chi connectivity index (χ1v) is 5.48. The zero-order chi connectivity index (χ0) is 11.5. The zero-order valence-corrected chi connectivity index (χ0v) is 9.66. The lowest BCUT2D eigenvalue weighted by atomic mass is 10.2. The fraction of sp³-hybridized carbons (Fsp3) is 0.818. The maximum absolute atomic E-state index is 11.6. The third-order valence-electron chi connectivity index (χ3n) is 2.11. The van der Waals surface area contributed by atoms with E-state index in [-0.39, 0.29) is 5.91 Å². The van der Waals surface area contributed by atoms with Gasteiger partial charge in [-0.2, -0.15) is 5.26 Å². The van der Waals surface area contributed by atoms with Crippen molar-refractivity contribution < 1.29 is 9.53 Å². The standard InChI is InChI=1S/C11H20N2O2/c1-3-13(9-6-8-12)11(14)7-5-10-15-4-2/h3-7,9-10H2,1-2H3. The maximum atomic E-state index is 11.6. The Kier molecular flexibility index (Phi) is 8.79. The Morgan fingerprint density at radius 3 is 2.73 bits per heavy atom. The highest BCUT2D eigenvalue weighted by molar-refractivity contribution is 5.76. The minimum absolute atomic E-state index is 0.118. The van der Waals surface area contributed by atoms with Crippen LogP contribution in [0.4, 0.5) is 0 Å². The molecule has 15 heavy (non-hydrogen) atoms. The highest BCUT2D eigenvalue weighted by Gasteiger charge is 2.10. The average molecular weight is 212 g/mol. The summed E-state index contributed by atoms with van der Waals surface area (Å²) >= 11 is 0. The van der Waals surface area contributed by atoms with E-state index < -0.39 is 0 Å². The van der Waals surface area contributed by atoms with Crippen LogP contribution < -0.4 is 0 Å². The van der Waals surface area contributed by atoms with E-state index in [9.17, 15) is 4.79 Å². The van der Waals surface area contributed by atoms with E-state index in [1.165, 1.54) is 0 Å². The van der Waals surface area contributed by atoms with Crippen molar-refractivity contribution in [3.05, 3.63) is 0 Å². The number of carbonyl (C=O) groups is 1. The molecule has 0 saturated carbocycles. The molecule has 86 valence electrons. The van der Waals surface area contributed by atoms with Gasteiger partial charge in [-0.15, -0.1) is 0 Å². The molecule has 0 N–H and O–H groups in total. The van der Waals surface area contributed by atoms with Crippen LogP contribution in [-0.4, -0.2) is 37.1 Å². The van der Waals surface area contributed by atoms with Crippen LogP contribution >= 0.6 is 0 Å². The van der Waals surface area contributed by atoms with Crippen molar-refractivity contribution in [3.63, 3.8) is 0 Å². The zero-order valence-electron chi connectivity index (χ0n) is 9.66. The van der Waals surface area contributed by atoms with Crippen LogP contribution in [0.25, 0.3) is 0 Å². The lowest BCUT2D eigenvalue weighted by Crippen LogP contribution is -2.31. The van der Waals surface area contributed by atoms with Crippen molar-refractivity contribution in [1.82, 2.24) is 4.90 Å². The number of rotatable bonds is 8. The van der Waals surface area contributed by atoms with Crippen LogP contribution in [0, 0.1) is 11.3 Å². The molecule has 0 unspecified atom stereocenters. The lowest BCUT2D eigenvalue weighted by molar-refractivity contribution is -0.131. The van der Waals surface area contributed by atoms with E-state index >= 15 is 0 Å². The van der Waals surface area contributed by atoms with Gasteiger partial charge in [-0.1, -0.05) is 0 Å². The molecule has 0 aliphatic heterocycles. The Morgan fingerprint density at radius 1 is 1.47 bits per heavy atom. The average Bonchev–Trinajstić information content (AvgIpc) is 2.25. The van der Waals surface area contributed by atoms with Crippen LogP contribution in [0.15, 0.2) is 0 Å². The second kappa shape index (κ2) is 9.47. The van der Waals surface area contributed by atoms with Gasteiger partial charge >= 0.3 is 0 Å². The molecule has 0 saturated heterocycles. The van der Waals surface area contributed by atoms with Crippen LogP contribution in [0.5, 0.6) is 0 Å². The van der Waals surface area contributed by atoms with E-state index in [1.807, 2.05) is 19.9 Å². The second-order valence-corrected chi connectivity index (χ2v) is 3.18. The minimum Gasteiger partial charge on any atom is -0.382 e. The monoisotopic (exact) mass is 212 g/mol. The van der Waals surface area contributed by atoms with Gasteiger partial charge in [-0.25, -0.2) is 0 Å². The van der Waals surface area contributed by atoms with Crippen molar-refractivity contribution >= 4 is 5.91 Å². The molecule has 0 fully saturated rings. The van der Waals surface area contributed by atoms with Gasteiger partial charge in [0.15, 0.2) is 0 Å². The largest absolute Gasteiger partial charge is 0.382 e. The normalized spacial score (nSPS) is 9.67. The van der Waals surface area contributed by atoms with E-state index in [2.05, 4.69) is 0 Å². The molecular weight excluding hydrogens is 192 g/mol. The summed E-state index contributed by atoms with van der Waals surface area (Å²) in [6.07, 6.45) is 1.68. The molecular formula is C11H20N2O2. The summed E-state index contributed by atoms with van der Waals surface area (Å²) in [5.41, 5.74) is 0. The van der Waals surface area contributed by atoms with Gasteiger partial charge in [0.1, 0.15) is 0 Å². The second-order valence-electron chi connectivity index (χ2n) is 3.18. The molecule has 0 aliphatic rings. The molecule has 4 nitrogen and oxygen atoms in total. The van der Waals surface area contributed by atoms with Crippen molar-refractivity contribution in [2.75, 3.05) is 26.3 Å². The third-order valence-corrected chi connectivity index (χ3v) is 2.11. The summed E-state index contributed by atoms with van der Waals surface area (Å²) in [7, 11) is 0. The van der Waals surface area contributed by atoms with E-state index in [0.717, 1.165) is 6.42 Å². The first-order valence-electron chi connectivity index (χ1n) is 5.48. The Morgan fingerprint density at radius 2 is 2.20 bits per heavy atom. The van der Waals surface area contributed by atoms with Gasteiger partial charge in [0.2, 0.25) is 5.91 Å². The number of amides is 1. The summed E-state index contributed by atoms with van der Waals surface area (Å²) in [4.78, 5) is 13.3. The van der Waals surface area contributed by atoms with Crippen molar-refractivity contribution in [3.8, 4) is 6.07 Å². The van der Waals surface area contributed by atoms with Gasteiger partial charge in [0.25, 0.3) is 0 Å². The molecule has 0 aromatic carbocycles. The fourth-order valence-electron chi connectivity index (χ4n) is 1.27. The van der Waals surface area contributed by atoms with E-state index in [0.29, 0.717) is 39.1 Å². The first kappa shape index (κ1) is 13.9. The van der Waals surface area contributed by atoms with Gasteiger partial charge in [-0.3, -0.25) is 4.79 Å². The third kappa shape index (κ3) is 6.92. The van der Waals surface area contributed by atoms with Gasteiger partial charge in [-0.05, 0) is 20.3 Å². The number of carbonyl (C=O) groups excluding carboxylic acids is 1. The predicted molar refractivity (Wildman–Crippen MR) is 58.2 cm³/mol. The van der Waals surface area contributed by atoms with Crippen LogP contribution in [-0.2, 0) is 9.53 Å². The summed E-state index contributed by atoms with van der Waals surface area (Å²) in [6, 6.07) is 2.05. The number of nitrogens with zero attached hydrogens (tertiary/aromatic N) is 2. The Hall–Kier alpha value is -1.08. The Bertz CT molecular complexity index is 211. The van der Waals surface area contributed by atoms with Crippen LogP contribution in [0.2, 0.25) is 0 Å². The molecule has 0 aromatic heterocycles. The van der Waals surface area contributed by atoms with Crippen LogP contribution in [0.3, 0.4) is 0 Å². The highest BCUT2D eigenvalue weighted by atomic mass is 16.5. The summed E-state index contributed by atoms with van der Waals surface area (Å²) in [5.74, 6) is 0.118. The minimum atomic E-state index is 0.118. The first-order chi connectivity index (χ1) is 7.26. The summed E-state index contributed by atoms with van der Waals surface area (Å²) in [5, 5.41) is 8.43. The number of ether oxygens (including phenoxy) is 1. The molecule has 0 aromatic rings. The van der Waals surface area contributed by atoms with E-state index in [4.69, 9.17) is 10.00 Å². The highest BCUT2D eigenvalue weighted by Crippen LogP contribution is 1.99. The molecule has 0 atom stereocenters. The molecule has 0 bridgehead atoms. The SMILES string of the molecule is CCOCCCC(=O)N(CC)CCC#N. The number of nitriles is 1. The van der Waals surface area contributed by atoms with Crippen LogP contribution in [0.1, 0.15) is 33.1 Å². The van der Waals surface area contributed by atoms with Crippen molar-refractivity contribution in [2.24, 2.45) is 0 Å². The molecule has 0 heterocycles. The molecule has 0 radical (unpaired) electrons. The van der Waals surface area contributed by atoms with E-state index in [1.54, 1.807) is 4.90 Å². The number of hydrogen-bond acceptors (Lipinski definition) is 3. The lowest BCUT2D eigenvalue weighted by Gasteiger charge is -2.19. The molecule has 0 aliphatic carbocycles. The molecule has 0 rings (SSSR count). The van der Waals surface area contributed by atoms with Gasteiger partial charge in [0.05, 0.1) is 12.5 Å². The number of hydrogen-bond donors (Lipinski definition) is 0. The van der Waals surface area contributed by atoms with Gasteiger partial charge in [0, 0.05) is 32.7 Å².